The van der Waals surface area contributed by atoms with Crippen LogP contribution in [-0.4, -0.2) is 0 Å². The summed E-state index contributed by atoms with van der Waals surface area (Å²) in [4.78, 5) is 0. The SMILES string of the molecule is C(#Cc1ccccc1)c1ccccc1.[C-](=C(C(=[C-]c1ccccc1)c1ccccc1)c1ccccc1)c1ccccc1.[Ni].[Ni].[Ni].c1cc[cH-]c1.c1cc[cH-]c1. The first-order chi connectivity index (χ1) is 25.8. The van der Waals surface area contributed by atoms with E-state index in [9.17, 15) is 0 Å². The molecule has 0 amide bonds. The fourth-order valence-corrected chi connectivity index (χ4v) is 4.93. The molecule has 0 fully saturated rings. The second-order valence-corrected chi connectivity index (χ2v) is 11.4. The first kappa shape index (κ1) is 45.7. The Hall–Kier alpha value is -5.46. The summed E-state index contributed by atoms with van der Waals surface area (Å²) in [5, 5.41) is 0. The number of rotatable bonds is 5. The molecule has 0 heterocycles. The molecule has 0 aliphatic heterocycles. The Morgan fingerprint density at radius 2 is 0.564 bits per heavy atom. The first-order valence-corrected chi connectivity index (χ1v) is 17.3. The van der Waals surface area contributed by atoms with Gasteiger partial charge in [-0.1, -0.05) is 145 Å². The summed E-state index contributed by atoms with van der Waals surface area (Å²) in [6, 6.07) is 81.4. The van der Waals surface area contributed by atoms with E-state index >= 15 is 0 Å². The summed E-state index contributed by atoms with van der Waals surface area (Å²) in [7, 11) is 0. The second-order valence-electron chi connectivity index (χ2n) is 11.4. The van der Waals surface area contributed by atoms with Gasteiger partial charge in [0.2, 0.25) is 0 Å². The van der Waals surface area contributed by atoms with Gasteiger partial charge in [0.25, 0.3) is 0 Å². The van der Waals surface area contributed by atoms with Gasteiger partial charge in [0.1, 0.15) is 0 Å². The summed E-state index contributed by atoms with van der Waals surface area (Å²) in [6.45, 7) is 0. The van der Waals surface area contributed by atoms with Crippen molar-refractivity contribution in [1.29, 1.82) is 0 Å². The minimum Gasteiger partial charge on any atom is -0.214 e. The van der Waals surface area contributed by atoms with Crippen LogP contribution in [0.3, 0.4) is 0 Å². The predicted octanol–water partition coefficient (Wildman–Crippen LogP) is 12.7. The largest absolute Gasteiger partial charge is 0.214 e. The molecule has 282 valence electrons. The molecule has 8 rings (SSSR count). The van der Waals surface area contributed by atoms with Gasteiger partial charge in [-0.15, -0.1) is 46.5 Å². The molecule has 0 nitrogen and oxygen atoms in total. The van der Waals surface area contributed by atoms with Gasteiger partial charge in [-0.2, -0.15) is 59.7 Å². The van der Waals surface area contributed by atoms with E-state index in [0.717, 1.165) is 44.5 Å². The van der Waals surface area contributed by atoms with E-state index in [4.69, 9.17) is 0 Å². The summed E-state index contributed by atoms with van der Waals surface area (Å²) in [5.41, 5.74) is 8.49. The quantitative estimate of drug-likeness (QED) is 0.0532. The van der Waals surface area contributed by atoms with Gasteiger partial charge in [0.05, 0.1) is 0 Å². The van der Waals surface area contributed by atoms with Gasteiger partial charge in [0, 0.05) is 60.6 Å². The number of benzene rings is 6. The van der Waals surface area contributed by atoms with Crippen LogP contribution in [0.4, 0.5) is 0 Å². The van der Waals surface area contributed by atoms with E-state index in [2.05, 4.69) is 96.8 Å². The van der Waals surface area contributed by atoms with Crippen molar-refractivity contribution in [3.8, 4) is 11.8 Å². The molecule has 0 unspecified atom stereocenters. The number of hydrogen-bond acceptors (Lipinski definition) is 0. The van der Waals surface area contributed by atoms with E-state index < -0.39 is 0 Å². The Balaban J connectivity index is 0.000000320. The van der Waals surface area contributed by atoms with E-state index in [1.807, 2.05) is 170 Å². The van der Waals surface area contributed by atoms with Crippen molar-refractivity contribution < 1.29 is 49.5 Å². The Morgan fingerprint density at radius 1 is 0.309 bits per heavy atom. The number of allylic oxidation sites excluding steroid dienone is 2. The topological polar surface area (TPSA) is 0 Å². The maximum Gasteiger partial charge on any atom is 0.0249 e. The van der Waals surface area contributed by atoms with Crippen LogP contribution in [0.15, 0.2) is 243 Å². The molecule has 0 saturated heterocycles. The fourth-order valence-electron chi connectivity index (χ4n) is 4.93. The minimum atomic E-state index is 0. The molecule has 0 aliphatic carbocycles. The molecule has 0 radical (unpaired) electrons. The molecule has 8 aromatic carbocycles. The summed E-state index contributed by atoms with van der Waals surface area (Å²) < 4.78 is 0. The van der Waals surface area contributed by atoms with Crippen molar-refractivity contribution >= 4 is 11.1 Å². The van der Waals surface area contributed by atoms with Crippen molar-refractivity contribution in [3.05, 3.63) is 288 Å². The molecule has 0 spiro atoms. The van der Waals surface area contributed by atoms with Crippen molar-refractivity contribution in [2.24, 2.45) is 0 Å². The Morgan fingerprint density at radius 3 is 0.818 bits per heavy atom. The Labute approximate surface area is 358 Å². The molecule has 55 heavy (non-hydrogen) atoms. The van der Waals surface area contributed by atoms with E-state index in [0.29, 0.717) is 0 Å². The van der Waals surface area contributed by atoms with Gasteiger partial charge in [-0.05, 0) is 24.3 Å². The zero-order valence-electron chi connectivity index (χ0n) is 30.0. The van der Waals surface area contributed by atoms with E-state index in [-0.39, 0.29) is 49.5 Å². The molecule has 3 heteroatoms. The first-order valence-electron chi connectivity index (χ1n) is 17.3. The van der Waals surface area contributed by atoms with Crippen LogP contribution in [0, 0.1) is 24.0 Å². The van der Waals surface area contributed by atoms with Crippen LogP contribution in [-0.2, 0) is 49.5 Å². The third kappa shape index (κ3) is 17.5. The van der Waals surface area contributed by atoms with E-state index in [1.165, 1.54) is 0 Å². The second kappa shape index (κ2) is 28.0. The van der Waals surface area contributed by atoms with Crippen molar-refractivity contribution in [2.45, 2.75) is 0 Å². The average Bonchev–Trinajstić information content (AvgIpc) is 4.02. The molecular formula is C52H40Ni3-4. The van der Waals surface area contributed by atoms with Crippen molar-refractivity contribution in [1.82, 2.24) is 0 Å². The maximum absolute atomic E-state index is 3.63. The smallest absolute Gasteiger partial charge is 0.0249 e. The molecular weight excluding hydrogens is 801 g/mol. The summed E-state index contributed by atoms with van der Waals surface area (Å²) >= 11 is 0. The average molecular weight is 841 g/mol. The zero-order chi connectivity index (χ0) is 35.7. The predicted molar refractivity (Wildman–Crippen MR) is 220 cm³/mol. The summed E-state index contributed by atoms with van der Waals surface area (Å²) in [6.07, 6.45) is 7.26. The zero-order valence-corrected chi connectivity index (χ0v) is 33.0. The normalized spacial score (nSPS) is 9.82. The molecule has 0 aromatic heterocycles. The minimum absolute atomic E-state index is 0. The standard InChI is InChI=1S/C28H20.C14H10.2C5H5.3Ni/c1-5-13-23(14-6-1)21-27(25-17-9-3-10-18-25)28(26-19-11-4-12-20-26)22-24-15-7-2-8-16-24;1-3-7-13(8-4-1)11-12-14-9-5-2-6-10-14;2*1-2-4-5-3-1;;;/h1-20H;1-10H;2*1-5H;;;/q-2;;2*-1;;;. The van der Waals surface area contributed by atoms with Gasteiger partial charge >= 0.3 is 0 Å². The Kier molecular flexibility index (Phi) is 23.3. The monoisotopic (exact) mass is 838 g/mol. The fraction of sp³-hybridized carbons (Fsp3) is 0. The van der Waals surface area contributed by atoms with Gasteiger partial charge in [0.15, 0.2) is 0 Å². The molecule has 8 aromatic rings. The van der Waals surface area contributed by atoms with Crippen LogP contribution in [0.25, 0.3) is 11.1 Å². The van der Waals surface area contributed by atoms with Crippen LogP contribution in [0.5, 0.6) is 0 Å². The van der Waals surface area contributed by atoms with Gasteiger partial charge in [-0.3, -0.25) is 0 Å². The van der Waals surface area contributed by atoms with Crippen LogP contribution in [0.2, 0.25) is 0 Å². The molecule has 0 aliphatic rings. The Bertz CT molecular complexity index is 1990. The maximum atomic E-state index is 3.63. The molecule has 0 N–H and O–H groups in total. The van der Waals surface area contributed by atoms with Crippen molar-refractivity contribution in [3.63, 3.8) is 0 Å². The van der Waals surface area contributed by atoms with E-state index in [1.54, 1.807) is 0 Å². The van der Waals surface area contributed by atoms with Crippen LogP contribution >= 0.6 is 0 Å². The third-order valence-corrected chi connectivity index (χ3v) is 7.47. The number of hydrogen-bond donors (Lipinski definition) is 0. The van der Waals surface area contributed by atoms with Gasteiger partial charge < -0.3 is 0 Å². The van der Waals surface area contributed by atoms with Crippen LogP contribution in [0.1, 0.15) is 33.4 Å². The molecule has 0 saturated carbocycles. The summed E-state index contributed by atoms with van der Waals surface area (Å²) in [5.74, 6) is 6.22. The third-order valence-electron chi connectivity index (χ3n) is 7.47. The van der Waals surface area contributed by atoms with Gasteiger partial charge in [-0.25, -0.2) is 24.3 Å². The molecule has 0 atom stereocenters. The van der Waals surface area contributed by atoms with Crippen LogP contribution < -0.4 is 0 Å². The molecule has 0 bridgehead atoms. The van der Waals surface area contributed by atoms with Crippen molar-refractivity contribution in [2.75, 3.05) is 0 Å².